The molecule has 0 atom stereocenters. The predicted molar refractivity (Wildman–Crippen MR) is 201 cm³/mol. The van der Waals surface area contributed by atoms with E-state index in [0.29, 0.717) is 17.9 Å². The number of nitrogens with one attached hydrogen (secondary N) is 1. The Morgan fingerprint density at radius 2 is 1.38 bits per heavy atom. The van der Waals surface area contributed by atoms with E-state index in [2.05, 4.69) is 22.3 Å². The summed E-state index contributed by atoms with van der Waals surface area (Å²) < 4.78 is 41.7. The van der Waals surface area contributed by atoms with Crippen LogP contribution in [0.1, 0.15) is 119 Å². The Morgan fingerprint density at radius 1 is 0.788 bits per heavy atom. The fourth-order valence-electron chi connectivity index (χ4n) is 6.01. The minimum absolute atomic E-state index is 0.0340. The van der Waals surface area contributed by atoms with Gasteiger partial charge in [-0.1, -0.05) is 115 Å². The third-order valence-electron chi connectivity index (χ3n) is 8.88. The summed E-state index contributed by atoms with van der Waals surface area (Å²) in [5.41, 5.74) is -0.357. The molecule has 12 nitrogen and oxygen atoms in total. The smallest absolute Gasteiger partial charge is 0.339 e. The summed E-state index contributed by atoms with van der Waals surface area (Å²) in [6.45, 7) is 2.24. The quantitative estimate of drug-likeness (QED) is 0.0329. The van der Waals surface area contributed by atoms with Crippen LogP contribution in [0.5, 0.6) is 17.2 Å². The van der Waals surface area contributed by atoms with E-state index in [-0.39, 0.29) is 28.4 Å². The number of phenols is 1. The van der Waals surface area contributed by atoms with Gasteiger partial charge < -0.3 is 14.9 Å². The van der Waals surface area contributed by atoms with Crippen LogP contribution in [0, 0.1) is 0 Å². The van der Waals surface area contributed by atoms with Gasteiger partial charge in [0, 0.05) is 0 Å². The molecule has 0 aliphatic carbocycles. The summed E-state index contributed by atoms with van der Waals surface area (Å²) in [5, 5.41) is 30.6. The largest absolute Gasteiger partial charge is 0.507 e. The fraction of sp³-hybridized carbons (Fsp3) is 0.436. The molecule has 0 spiro atoms. The molecule has 0 amide bonds. The zero-order chi connectivity index (χ0) is 37.3. The summed E-state index contributed by atoms with van der Waals surface area (Å²) in [5.74, 6) is -1.55. The number of carbonyl (C=O) groups is 1. The number of aromatic amines is 1. The van der Waals surface area contributed by atoms with Crippen molar-refractivity contribution in [1.82, 2.24) is 9.78 Å². The Bertz CT molecular complexity index is 1940. The van der Waals surface area contributed by atoms with Crippen molar-refractivity contribution in [3.63, 3.8) is 0 Å². The normalized spacial score (nSPS) is 11.7. The molecule has 0 aliphatic heterocycles. The third kappa shape index (κ3) is 12.2. The second kappa shape index (κ2) is 20.3. The van der Waals surface area contributed by atoms with Crippen molar-refractivity contribution in [2.24, 2.45) is 10.2 Å². The number of nitrogens with zero attached hydrogens (tertiary/aromatic N) is 3. The molecule has 4 aromatic rings. The lowest BCUT2D eigenvalue weighted by Gasteiger charge is -2.11. The van der Waals surface area contributed by atoms with Gasteiger partial charge in [-0.2, -0.15) is 13.5 Å². The number of aryl methyl sites for hydroxylation is 1. The fourth-order valence-corrected chi connectivity index (χ4v) is 6.64. The second-order valence-corrected chi connectivity index (χ2v) is 14.4. The average molecular weight is 735 g/mol. The van der Waals surface area contributed by atoms with Crippen LogP contribution in [-0.4, -0.2) is 38.9 Å². The van der Waals surface area contributed by atoms with Crippen LogP contribution in [0.25, 0.3) is 5.69 Å². The molecule has 3 aromatic carbocycles. The monoisotopic (exact) mass is 734 g/mol. The molecule has 13 heteroatoms. The molecule has 4 N–H and O–H groups in total. The summed E-state index contributed by atoms with van der Waals surface area (Å²) in [6.07, 6.45) is 18.6. The zero-order valence-corrected chi connectivity index (χ0v) is 30.6. The number of H-pyrrole nitrogens is 1. The van der Waals surface area contributed by atoms with E-state index >= 15 is 0 Å². The molecule has 0 aliphatic rings. The number of carboxylic acid groups (broad SMARTS) is 1. The van der Waals surface area contributed by atoms with Gasteiger partial charge in [0.15, 0.2) is 5.69 Å². The number of hydrogen-bond donors (Lipinski definition) is 4. The Balaban J connectivity index is 1.45. The number of unbranched alkanes of at least 4 members (excludes halogenated alkanes) is 14. The number of aromatic hydroxyl groups is 1. The number of aromatic carboxylic acids is 1. The SMILES string of the molecule is CCCCCCCCCCCCCCCCCc1[nH]n(-c2ccc(Oc3ccccc3)c(S(=O)(=O)O)c2)c(=O)c1N=Nc1ccc(O)c(C(=O)O)c1. The van der Waals surface area contributed by atoms with Gasteiger partial charge in [0.1, 0.15) is 27.7 Å². The van der Waals surface area contributed by atoms with Crippen LogP contribution in [-0.2, 0) is 16.5 Å². The van der Waals surface area contributed by atoms with Crippen LogP contribution in [0.4, 0.5) is 11.4 Å². The maximum atomic E-state index is 13.7. The van der Waals surface area contributed by atoms with E-state index in [1.807, 2.05) is 0 Å². The van der Waals surface area contributed by atoms with E-state index in [1.165, 1.54) is 94.9 Å². The van der Waals surface area contributed by atoms with Gasteiger partial charge in [0.25, 0.3) is 15.7 Å². The molecule has 0 radical (unpaired) electrons. The van der Waals surface area contributed by atoms with Gasteiger partial charge in [0.2, 0.25) is 0 Å². The molecule has 1 heterocycles. The highest BCUT2D eigenvalue weighted by atomic mass is 32.2. The van der Waals surface area contributed by atoms with Gasteiger partial charge >= 0.3 is 5.97 Å². The van der Waals surface area contributed by atoms with Crippen molar-refractivity contribution in [2.45, 2.75) is 115 Å². The topological polar surface area (TPSA) is 184 Å². The number of hydrogen-bond acceptors (Lipinski definition) is 8. The third-order valence-corrected chi connectivity index (χ3v) is 9.75. The zero-order valence-electron chi connectivity index (χ0n) is 29.8. The molecular formula is C39H50N4O8S. The van der Waals surface area contributed by atoms with Gasteiger partial charge in [0.05, 0.1) is 17.1 Å². The summed E-state index contributed by atoms with van der Waals surface area (Å²) in [7, 11) is -4.76. The number of para-hydroxylation sites is 1. The standard InChI is InChI=1S/C39H50N4O8S/c1-2-3-4-5-6-7-8-9-10-11-12-13-14-15-19-22-33-37(41-40-29-23-25-34(44)32(27-29)39(46)47)38(45)43(42-33)30-24-26-35(36(28-30)52(48,49)50)51-31-20-17-16-18-21-31/h16-18,20-21,23-28,42,44H,2-15,19,22H2,1H3,(H,46,47)(H,48,49,50). The lowest BCUT2D eigenvalue weighted by Crippen LogP contribution is -2.15. The molecule has 0 bridgehead atoms. The van der Waals surface area contributed by atoms with Gasteiger partial charge in [-0.3, -0.25) is 14.4 Å². The van der Waals surface area contributed by atoms with E-state index in [1.54, 1.807) is 30.3 Å². The molecule has 52 heavy (non-hydrogen) atoms. The van der Waals surface area contributed by atoms with Crippen molar-refractivity contribution in [2.75, 3.05) is 0 Å². The predicted octanol–water partition coefficient (Wildman–Crippen LogP) is 10.4. The highest BCUT2D eigenvalue weighted by Gasteiger charge is 2.22. The minimum atomic E-state index is -4.76. The highest BCUT2D eigenvalue weighted by Crippen LogP contribution is 2.31. The average Bonchev–Trinajstić information content (AvgIpc) is 3.43. The highest BCUT2D eigenvalue weighted by molar-refractivity contribution is 7.86. The number of aromatic nitrogens is 2. The molecule has 1 aromatic heterocycles. The Kier molecular flexibility index (Phi) is 15.6. The van der Waals surface area contributed by atoms with Crippen LogP contribution in [0.3, 0.4) is 0 Å². The lowest BCUT2D eigenvalue weighted by atomic mass is 10.0. The van der Waals surface area contributed by atoms with E-state index in [4.69, 9.17) is 4.74 Å². The maximum Gasteiger partial charge on any atom is 0.339 e. The van der Waals surface area contributed by atoms with E-state index in [0.717, 1.165) is 42.5 Å². The Morgan fingerprint density at radius 3 is 1.96 bits per heavy atom. The molecule has 4 rings (SSSR count). The van der Waals surface area contributed by atoms with Crippen molar-refractivity contribution in [1.29, 1.82) is 0 Å². The van der Waals surface area contributed by atoms with Crippen LogP contribution < -0.4 is 10.3 Å². The van der Waals surface area contributed by atoms with Crippen LogP contribution >= 0.6 is 0 Å². The number of ether oxygens (including phenoxy) is 1. The first-order valence-electron chi connectivity index (χ1n) is 18.2. The van der Waals surface area contributed by atoms with Gasteiger partial charge in [-0.15, -0.1) is 5.11 Å². The molecule has 0 unspecified atom stereocenters. The number of azo groups is 1. The van der Waals surface area contributed by atoms with Crippen molar-refractivity contribution in [3.05, 3.63) is 88.3 Å². The summed E-state index contributed by atoms with van der Waals surface area (Å²) in [6, 6.07) is 16.1. The molecule has 0 saturated carbocycles. The molecule has 280 valence electrons. The first-order valence-corrected chi connectivity index (χ1v) is 19.7. The number of carboxylic acids is 1. The molecular weight excluding hydrogens is 685 g/mol. The van der Waals surface area contributed by atoms with Crippen LogP contribution in [0.2, 0.25) is 0 Å². The number of benzene rings is 3. The van der Waals surface area contributed by atoms with Crippen molar-refractivity contribution >= 4 is 27.5 Å². The first kappa shape index (κ1) is 40.0. The second-order valence-electron chi connectivity index (χ2n) is 13.0. The van der Waals surface area contributed by atoms with Crippen molar-refractivity contribution in [3.8, 4) is 22.9 Å². The Labute approximate surface area is 305 Å². The number of rotatable bonds is 23. The van der Waals surface area contributed by atoms with E-state index in [9.17, 15) is 32.8 Å². The summed E-state index contributed by atoms with van der Waals surface area (Å²) in [4.78, 5) is 24.7. The van der Waals surface area contributed by atoms with Crippen molar-refractivity contribution < 1.29 is 32.7 Å². The lowest BCUT2D eigenvalue weighted by molar-refractivity contribution is 0.0693. The molecule has 0 saturated heterocycles. The summed E-state index contributed by atoms with van der Waals surface area (Å²) >= 11 is 0. The van der Waals surface area contributed by atoms with Gasteiger partial charge in [-0.25, -0.2) is 9.48 Å². The first-order chi connectivity index (χ1) is 25.1. The van der Waals surface area contributed by atoms with Gasteiger partial charge in [-0.05, 0) is 61.4 Å². The minimum Gasteiger partial charge on any atom is -0.507 e. The van der Waals surface area contributed by atoms with E-state index < -0.39 is 32.3 Å². The molecule has 0 fully saturated rings. The maximum absolute atomic E-state index is 13.7. The Hall–Kier alpha value is -4.75. The van der Waals surface area contributed by atoms with Crippen LogP contribution in [0.15, 0.2) is 86.6 Å².